The molecular formula is C26H23Cl2NO5. The van der Waals surface area contributed by atoms with Gasteiger partial charge in [0.15, 0.2) is 5.75 Å². The fourth-order valence-electron chi connectivity index (χ4n) is 4.07. The summed E-state index contributed by atoms with van der Waals surface area (Å²) in [6.45, 7) is 4.22. The molecule has 2 aromatic carbocycles. The maximum absolute atomic E-state index is 13.2. The number of carbonyl (C=O) groups is 2. The predicted molar refractivity (Wildman–Crippen MR) is 130 cm³/mol. The summed E-state index contributed by atoms with van der Waals surface area (Å²) < 4.78 is 10.6. The van der Waals surface area contributed by atoms with Crippen LogP contribution in [-0.2, 0) is 16.1 Å². The highest BCUT2D eigenvalue weighted by Crippen LogP contribution is 2.42. The molecule has 0 saturated carbocycles. The Morgan fingerprint density at radius 2 is 1.76 bits per heavy atom. The molecule has 176 valence electrons. The molecule has 1 amide bonds. The summed E-state index contributed by atoms with van der Waals surface area (Å²) in [4.78, 5) is 27.7. The summed E-state index contributed by atoms with van der Waals surface area (Å²) in [7, 11) is 1.42. The lowest BCUT2D eigenvalue weighted by atomic mass is 9.93. The fraction of sp³-hybridized carbons (Fsp3) is 0.231. The van der Waals surface area contributed by atoms with Crippen molar-refractivity contribution in [3.05, 3.63) is 92.9 Å². The maximum atomic E-state index is 13.2. The van der Waals surface area contributed by atoms with Crippen LogP contribution < -0.4 is 4.74 Å². The van der Waals surface area contributed by atoms with Crippen molar-refractivity contribution in [2.75, 3.05) is 7.11 Å². The quantitative estimate of drug-likeness (QED) is 0.243. The number of hydrogen-bond acceptors (Lipinski definition) is 5. The summed E-state index contributed by atoms with van der Waals surface area (Å²) in [6, 6.07) is 13.1. The number of nitrogens with zero attached hydrogens (tertiary/aromatic N) is 1. The molecule has 1 aromatic heterocycles. The first-order chi connectivity index (χ1) is 16.2. The molecule has 0 radical (unpaired) electrons. The molecule has 1 aliphatic heterocycles. The average molecular weight is 500 g/mol. The largest absolute Gasteiger partial charge is 0.507 e. The molecule has 8 heteroatoms. The lowest BCUT2D eigenvalue weighted by Crippen LogP contribution is -2.29. The molecule has 34 heavy (non-hydrogen) atoms. The number of aliphatic hydroxyl groups is 1. The van der Waals surface area contributed by atoms with Crippen LogP contribution in [0.15, 0.2) is 64.8 Å². The number of furan rings is 1. The third-order valence-electron chi connectivity index (χ3n) is 5.84. The Morgan fingerprint density at radius 3 is 2.29 bits per heavy atom. The van der Waals surface area contributed by atoms with E-state index in [1.807, 2.05) is 24.3 Å². The van der Waals surface area contributed by atoms with Crippen molar-refractivity contribution in [3.8, 4) is 5.75 Å². The van der Waals surface area contributed by atoms with E-state index >= 15 is 0 Å². The Morgan fingerprint density at radius 1 is 1.12 bits per heavy atom. The number of rotatable bonds is 6. The molecule has 1 N–H and O–H groups in total. The smallest absolute Gasteiger partial charge is 0.296 e. The van der Waals surface area contributed by atoms with Gasteiger partial charge >= 0.3 is 0 Å². The number of halogens is 2. The van der Waals surface area contributed by atoms with E-state index < -0.39 is 17.7 Å². The average Bonchev–Trinajstić information content (AvgIpc) is 3.41. The normalized spacial score (nSPS) is 17.6. The van der Waals surface area contributed by atoms with Crippen molar-refractivity contribution < 1.29 is 23.8 Å². The third kappa shape index (κ3) is 4.31. The van der Waals surface area contributed by atoms with Gasteiger partial charge in [-0.05, 0) is 41.3 Å². The zero-order valence-electron chi connectivity index (χ0n) is 18.8. The number of carbonyl (C=O) groups excluding carboxylic acids is 2. The van der Waals surface area contributed by atoms with E-state index in [1.54, 1.807) is 12.1 Å². The number of benzene rings is 2. The molecule has 0 spiro atoms. The zero-order chi connectivity index (χ0) is 24.6. The van der Waals surface area contributed by atoms with Crippen molar-refractivity contribution in [1.29, 1.82) is 0 Å². The molecule has 1 saturated heterocycles. The van der Waals surface area contributed by atoms with Gasteiger partial charge < -0.3 is 19.2 Å². The predicted octanol–water partition coefficient (Wildman–Crippen LogP) is 6.34. The second kappa shape index (κ2) is 9.57. The van der Waals surface area contributed by atoms with Gasteiger partial charge in [-0.2, -0.15) is 0 Å². The highest BCUT2D eigenvalue weighted by atomic mass is 35.5. The Labute approximate surface area is 207 Å². The van der Waals surface area contributed by atoms with Crippen LogP contribution in [0, 0.1) is 0 Å². The maximum Gasteiger partial charge on any atom is 0.296 e. The van der Waals surface area contributed by atoms with E-state index in [1.165, 1.54) is 30.4 Å². The van der Waals surface area contributed by atoms with Gasteiger partial charge in [-0.3, -0.25) is 9.59 Å². The minimum absolute atomic E-state index is 0.0499. The molecule has 3 aromatic rings. The Hall–Kier alpha value is -3.22. The van der Waals surface area contributed by atoms with Crippen LogP contribution in [0.1, 0.15) is 48.3 Å². The molecule has 1 fully saturated rings. The summed E-state index contributed by atoms with van der Waals surface area (Å²) in [5.74, 6) is -0.830. The molecule has 0 aliphatic carbocycles. The van der Waals surface area contributed by atoms with Gasteiger partial charge in [0.1, 0.15) is 11.5 Å². The highest BCUT2D eigenvalue weighted by Gasteiger charge is 2.46. The van der Waals surface area contributed by atoms with E-state index in [4.69, 9.17) is 32.4 Å². The second-order valence-electron chi connectivity index (χ2n) is 8.30. The molecule has 2 heterocycles. The minimum Gasteiger partial charge on any atom is -0.507 e. The van der Waals surface area contributed by atoms with Gasteiger partial charge in [0.25, 0.3) is 11.7 Å². The van der Waals surface area contributed by atoms with Gasteiger partial charge in [0.2, 0.25) is 0 Å². The lowest BCUT2D eigenvalue weighted by Gasteiger charge is -2.25. The second-order valence-corrected chi connectivity index (χ2v) is 9.12. The van der Waals surface area contributed by atoms with E-state index in [2.05, 4.69) is 13.8 Å². The molecule has 0 bridgehead atoms. The molecule has 1 unspecified atom stereocenters. The third-order valence-corrected chi connectivity index (χ3v) is 6.40. The Bertz CT molecular complexity index is 1240. The molecule has 1 aliphatic rings. The van der Waals surface area contributed by atoms with E-state index in [-0.39, 0.29) is 39.2 Å². The fourth-order valence-corrected chi connectivity index (χ4v) is 4.71. The van der Waals surface area contributed by atoms with E-state index in [9.17, 15) is 14.7 Å². The Kier molecular flexibility index (Phi) is 6.73. The molecule has 4 rings (SSSR count). The number of hydrogen-bond donors (Lipinski definition) is 1. The van der Waals surface area contributed by atoms with Gasteiger partial charge in [0, 0.05) is 5.56 Å². The number of methoxy groups -OCH3 is 1. The minimum atomic E-state index is -0.828. The van der Waals surface area contributed by atoms with Crippen LogP contribution in [0.3, 0.4) is 0 Å². The van der Waals surface area contributed by atoms with Crippen molar-refractivity contribution in [2.45, 2.75) is 32.4 Å². The molecule has 6 nitrogen and oxygen atoms in total. The topological polar surface area (TPSA) is 80.0 Å². The van der Waals surface area contributed by atoms with Crippen molar-refractivity contribution >= 4 is 40.7 Å². The first-order valence-electron chi connectivity index (χ1n) is 10.7. The Balaban J connectivity index is 1.88. The van der Waals surface area contributed by atoms with Crippen LogP contribution in [0.2, 0.25) is 10.0 Å². The lowest BCUT2D eigenvalue weighted by molar-refractivity contribution is -0.140. The van der Waals surface area contributed by atoms with Gasteiger partial charge in [-0.25, -0.2) is 0 Å². The van der Waals surface area contributed by atoms with Crippen molar-refractivity contribution in [2.24, 2.45) is 0 Å². The first-order valence-corrected chi connectivity index (χ1v) is 11.4. The van der Waals surface area contributed by atoms with Crippen molar-refractivity contribution in [1.82, 2.24) is 4.90 Å². The summed E-state index contributed by atoms with van der Waals surface area (Å²) in [5, 5.41) is 11.6. The number of amides is 1. The van der Waals surface area contributed by atoms with Crippen LogP contribution >= 0.6 is 23.2 Å². The summed E-state index contributed by atoms with van der Waals surface area (Å²) in [6.07, 6.45) is 1.50. The van der Waals surface area contributed by atoms with Crippen LogP contribution in [0.5, 0.6) is 5.75 Å². The van der Waals surface area contributed by atoms with Crippen molar-refractivity contribution in [3.63, 3.8) is 0 Å². The number of Topliss-reactive ketones (excluding diaryl/α,β-unsaturated/α-hetero) is 1. The number of ketones is 1. The number of aliphatic hydroxyl groups excluding tert-OH is 1. The first kappa shape index (κ1) is 23.9. The van der Waals surface area contributed by atoms with E-state index in [0.29, 0.717) is 17.2 Å². The summed E-state index contributed by atoms with van der Waals surface area (Å²) in [5.41, 5.74) is 1.95. The molecular weight excluding hydrogens is 477 g/mol. The summed E-state index contributed by atoms with van der Waals surface area (Å²) >= 11 is 12.5. The number of likely N-dealkylation sites (tertiary alicyclic amines) is 1. The van der Waals surface area contributed by atoms with Crippen LogP contribution in [-0.4, -0.2) is 28.8 Å². The van der Waals surface area contributed by atoms with Crippen LogP contribution in [0.25, 0.3) is 5.76 Å². The standard InChI is InChI=1S/C26H23Cl2NO5/c1-14(2)15-6-8-16(9-7-15)22-21(23(30)17-11-19(27)25(33-3)20(28)12-17)24(31)26(32)29(22)13-18-5-4-10-34-18/h4-12,14,22,30H,13H2,1-3H3/b23-21+. The monoisotopic (exact) mass is 499 g/mol. The molecule has 1 atom stereocenters. The SMILES string of the molecule is COc1c(Cl)cc(/C(O)=C2\C(=O)C(=O)N(Cc3ccco3)C2c2ccc(C(C)C)cc2)cc1Cl. The van der Waals surface area contributed by atoms with E-state index in [0.717, 1.165) is 5.56 Å². The van der Waals surface area contributed by atoms with Crippen LogP contribution in [0.4, 0.5) is 0 Å². The highest BCUT2D eigenvalue weighted by molar-refractivity contribution is 6.46. The van der Waals surface area contributed by atoms with Gasteiger partial charge in [-0.1, -0.05) is 61.3 Å². The van der Waals surface area contributed by atoms with Gasteiger partial charge in [-0.15, -0.1) is 0 Å². The zero-order valence-corrected chi connectivity index (χ0v) is 20.4. The number of ether oxygens (including phenoxy) is 1. The van der Waals surface area contributed by atoms with Gasteiger partial charge in [0.05, 0.1) is 41.6 Å².